The van der Waals surface area contributed by atoms with Crippen LogP contribution in [0.2, 0.25) is 5.15 Å². The second-order valence-electron chi connectivity index (χ2n) is 4.59. The summed E-state index contributed by atoms with van der Waals surface area (Å²) in [5.41, 5.74) is 1.31. The summed E-state index contributed by atoms with van der Waals surface area (Å²) < 4.78 is 0. The first-order valence-electron chi connectivity index (χ1n) is 6.03. The molecule has 2 aromatic rings. The molecule has 18 heavy (non-hydrogen) atoms. The van der Waals surface area contributed by atoms with E-state index in [0.29, 0.717) is 11.1 Å². The third-order valence-electron chi connectivity index (χ3n) is 3.05. The number of aromatic nitrogens is 2. The zero-order valence-electron chi connectivity index (χ0n) is 10.1. The fourth-order valence-electron chi connectivity index (χ4n) is 1.81. The summed E-state index contributed by atoms with van der Waals surface area (Å²) in [6.07, 6.45) is 2.37. The highest BCUT2D eigenvalue weighted by atomic mass is 35.5. The molecule has 3 nitrogen and oxygen atoms in total. The number of thiophene rings is 1. The lowest BCUT2D eigenvalue weighted by atomic mass is 10.3. The third kappa shape index (κ3) is 2.65. The highest BCUT2D eigenvalue weighted by molar-refractivity contribution is 7.10. The minimum absolute atomic E-state index is 0.521. The maximum atomic E-state index is 6.03. The van der Waals surface area contributed by atoms with E-state index < -0.39 is 0 Å². The van der Waals surface area contributed by atoms with E-state index in [1.165, 1.54) is 23.3 Å². The molecule has 2 aromatic heterocycles. The van der Waals surface area contributed by atoms with E-state index in [4.69, 9.17) is 11.6 Å². The van der Waals surface area contributed by atoms with Gasteiger partial charge in [0.15, 0.2) is 0 Å². The van der Waals surface area contributed by atoms with Gasteiger partial charge in [0.2, 0.25) is 0 Å². The van der Waals surface area contributed by atoms with Crippen LogP contribution in [0.5, 0.6) is 0 Å². The number of hydrogen-bond acceptors (Lipinski definition) is 4. The maximum absolute atomic E-state index is 6.03. The summed E-state index contributed by atoms with van der Waals surface area (Å²) in [4.78, 5) is 10.1. The molecule has 0 aromatic carbocycles. The monoisotopic (exact) mass is 279 g/mol. The topological polar surface area (TPSA) is 37.8 Å². The fraction of sp³-hybridized carbons (Fsp3) is 0.385. The number of halogens is 1. The lowest BCUT2D eigenvalue weighted by molar-refractivity contribution is 0.922. The smallest absolute Gasteiger partial charge is 0.135 e. The van der Waals surface area contributed by atoms with Gasteiger partial charge in [-0.05, 0) is 36.8 Å². The van der Waals surface area contributed by atoms with Crippen LogP contribution in [0.3, 0.4) is 0 Å². The molecule has 0 bridgehead atoms. The van der Waals surface area contributed by atoms with Crippen LogP contribution in [0.25, 0.3) is 0 Å². The van der Waals surface area contributed by atoms with Crippen molar-refractivity contribution >= 4 is 28.8 Å². The number of anilines is 1. The van der Waals surface area contributed by atoms with Gasteiger partial charge in [-0.2, -0.15) is 0 Å². The Morgan fingerprint density at radius 3 is 2.94 bits per heavy atom. The molecule has 5 heteroatoms. The molecule has 0 atom stereocenters. The Bertz CT molecular complexity index is 563. The summed E-state index contributed by atoms with van der Waals surface area (Å²) >= 11 is 7.78. The second-order valence-corrected chi connectivity index (χ2v) is 5.98. The van der Waals surface area contributed by atoms with E-state index >= 15 is 0 Å². The summed E-state index contributed by atoms with van der Waals surface area (Å²) in [7, 11) is 0. The van der Waals surface area contributed by atoms with Crippen LogP contribution in [-0.4, -0.2) is 9.97 Å². The quantitative estimate of drug-likeness (QED) is 0.860. The zero-order chi connectivity index (χ0) is 12.5. The molecule has 94 valence electrons. The van der Waals surface area contributed by atoms with Crippen molar-refractivity contribution in [3.8, 4) is 0 Å². The van der Waals surface area contributed by atoms with Crippen LogP contribution < -0.4 is 5.32 Å². The van der Waals surface area contributed by atoms with E-state index in [2.05, 4.69) is 33.7 Å². The standard InChI is InChI=1S/C13H14ClN3S/c1-8-4-5-18-10(8)7-15-12-6-11(14)16-13(17-12)9-2-3-9/h4-6,9H,2-3,7H2,1H3,(H,15,16,17). The normalized spacial score (nSPS) is 14.8. The van der Waals surface area contributed by atoms with Crippen molar-refractivity contribution < 1.29 is 0 Å². The highest BCUT2D eigenvalue weighted by Gasteiger charge is 2.27. The largest absolute Gasteiger partial charge is 0.365 e. The van der Waals surface area contributed by atoms with Gasteiger partial charge in [0.25, 0.3) is 0 Å². The van der Waals surface area contributed by atoms with Gasteiger partial charge in [-0.3, -0.25) is 0 Å². The predicted molar refractivity (Wildman–Crippen MR) is 75.4 cm³/mol. The molecule has 1 saturated carbocycles. The Balaban J connectivity index is 1.74. The van der Waals surface area contributed by atoms with Gasteiger partial charge in [0.1, 0.15) is 16.8 Å². The Kier molecular flexibility index (Phi) is 3.22. The van der Waals surface area contributed by atoms with E-state index in [0.717, 1.165) is 18.2 Å². The van der Waals surface area contributed by atoms with Gasteiger partial charge < -0.3 is 5.32 Å². The molecule has 1 aliphatic rings. The summed E-state index contributed by atoms with van der Waals surface area (Å²) in [5, 5.41) is 5.96. The van der Waals surface area contributed by atoms with E-state index in [-0.39, 0.29) is 0 Å². The van der Waals surface area contributed by atoms with Crippen molar-refractivity contribution in [1.29, 1.82) is 0 Å². The van der Waals surface area contributed by atoms with Crippen molar-refractivity contribution in [3.05, 3.63) is 38.9 Å². The average Bonchev–Trinajstić information content (AvgIpc) is 3.11. The lowest BCUT2D eigenvalue weighted by Crippen LogP contribution is -2.04. The summed E-state index contributed by atoms with van der Waals surface area (Å²) in [6, 6.07) is 3.92. The number of nitrogens with zero attached hydrogens (tertiary/aromatic N) is 2. The Morgan fingerprint density at radius 2 is 2.28 bits per heavy atom. The molecule has 3 rings (SSSR count). The molecule has 0 unspecified atom stereocenters. The number of hydrogen-bond donors (Lipinski definition) is 1. The van der Waals surface area contributed by atoms with E-state index in [1.807, 2.05) is 0 Å². The Hall–Kier alpha value is -1.13. The molecule has 0 amide bonds. The first kappa shape index (κ1) is 11.9. The molecule has 1 aliphatic carbocycles. The van der Waals surface area contributed by atoms with Gasteiger partial charge in [0.05, 0.1) is 6.54 Å². The minimum atomic E-state index is 0.521. The first-order chi connectivity index (χ1) is 8.72. The molecule has 1 N–H and O–H groups in total. The molecular weight excluding hydrogens is 266 g/mol. The maximum Gasteiger partial charge on any atom is 0.135 e. The van der Waals surface area contributed by atoms with Crippen LogP contribution in [0.1, 0.15) is 35.0 Å². The summed E-state index contributed by atoms with van der Waals surface area (Å²) in [6.45, 7) is 2.91. The second kappa shape index (κ2) is 4.86. The molecule has 2 heterocycles. The van der Waals surface area contributed by atoms with Crippen LogP contribution in [0.4, 0.5) is 5.82 Å². The Morgan fingerprint density at radius 1 is 1.44 bits per heavy atom. The van der Waals surface area contributed by atoms with E-state index in [9.17, 15) is 0 Å². The van der Waals surface area contributed by atoms with Crippen LogP contribution >= 0.6 is 22.9 Å². The van der Waals surface area contributed by atoms with Gasteiger partial charge in [-0.15, -0.1) is 11.3 Å². The molecule has 0 aliphatic heterocycles. The van der Waals surface area contributed by atoms with E-state index in [1.54, 1.807) is 17.4 Å². The zero-order valence-corrected chi connectivity index (χ0v) is 11.7. The van der Waals surface area contributed by atoms with Gasteiger partial charge >= 0.3 is 0 Å². The van der Waals surface area contributed by atoms with Crippen LogP contribution in [-0.2, 0) is 6.54 Å². The van der Waals surface area contributed by atoms with Crippen LogP contribution in [0, 0.1) is 6.92 Å². The molecule has 0 saturated heterocycles. The molecule has 1 fully saturated rings. The SMILES string of the molecule is Cc1ccsc1CNc1cc(Cl)nc(C2CC2)n1. The van der Waals surface area contributed by atoms with Crippen molar-refractivity contribution in [3.63, 3.8) is 0 Å². The first-order valence-corrected chi connectivity index (χ1v) is 7.29. The average molecular weight is 280 g/mol. The summed E-state index contributed by atoms with van der Waals surface area (Å²) in [5.74, 6) is 2.23. The number of rotatable bonds is 4. The van der Waals surface area contributed by atoms with Gasteiger partial charge in [-0.25, -0.2) is 9.97 Å². The lowest BCUT2D eigenvalue weighted by Gasteiger charge is -2.07. The molecule has 0 spiro atoms. The van der Waals surface area contributed by atoms with Crippen LogP contribution in [0.15, 0.2) is 17.5 Å². The van der Waals surface area contributed by atoms with Gasteiger partial charge in [0, 0.05) is 16.9 Å². The fourth-order valence-corrected chi connectivity index (χ4v) is 2.84. The minimum Gasteiger partial charge on any atom is -0.365 e. The van der Waals surface area contributed by atoms with Crippen molar-refractivity contribution in [2.24, 2.45) is 0 Å². The van der Waals surface area contributed by atoms with Crippen molar-refractivity contribution in [1.82, 2.24) is 9.97 Å². The number of aryl methyl sites for hydroxylation is 1. The van der Waals surface area contributed by atoms with Crippen molar-refractivity contribution in [2.45, 2.75) is 32.2 Å². The van der Waals surface area contributed by atoms with Gasteiger partial charge in [-0.1, -0.05) is 11.6 Å². The van der Waals surface area contributed by atoms with Crippen molar-refractivity contribution in [2.75, 3.05) is 5.32 Å². The predicted octanol–water partition coefficient (Wildman–Crippen LogP) is 3.99. The highest BCUT2D eigenvalue weighted by Crippen LogP contribution is 2.38. The number of nitrogens with one attached hydrogen (secondary N) is 1. The molecular formula is C13H14ClN3S. The Labute approximate surface area is 115 Å². The third-order valence-corrected chi connectivity index (χ3v) is 4.27. The molecule has 0 radical (unpaired) electrons.